The third-order valence-electron chi connectivity index (χ3n) is 2.72. The summed E-state index contributed by atoms with van der Waals surface area (Å²) in [5, 5.41) is 8.73. The summed E-state index contributed by atoms with van der Waals surface area (Å²) in [4.78, 5) is 24.5. The van der Waals surface area contributed by atoms with Crippen molar-refractivity contribution >= 4 is 5.97 Å². The Hall–Kier alpha value is -2.77. The molecule has 0 aliphatic carbocycles. The normalized spacial score (nSPS) is 11.2. The van der Waals surface area contributed by atoms with Crippen molar-refractivity contribution < 1.29 is 27.8 Å². The first kappa shape index (κ1) is 15.6. The molecule has 5 nitrogen and oxygen atoms in total. The molecule has 8 heteroatoms. The third kappa shape index (κ3) is 4.11. The molecule has 0 spiro atoms. The number of carboxylic acids is 1. The minimum Gasteiger partial charge on any atom is -0.481 e. The Bertz CT molecular complexity index is 752. The number of benzene rings is 1. The smallest absolute Gasteiger partial charge is 0.481 e. The van der Waals surface area contributed by atoms with Gasteiger partial charge in [0.25, 0.3) is 5.56 Å². The molecule has 0 saturated carbocycles. The summed E-state index contributed by atoms with van der Waals surface area (Å²) in [6, 6.07) is 6.48. The molecule has 2 N–H and O–H groups in total. The maximum atomic E-state index is 12.2. The van der Waals surface area contributed by atoms with Crippen LogP contribution in [-0.2, 0) is 11.2 Å². The summed E-state index contributed by atoms with van der Waals surface area (Å²) in [6.45, 7) is 0. The summed E-state index contributed by atoms with van der Waals surface area (Å²) in [5.41, 5.74) is 0.175. The summed E-state index contributed by atoms with van der Waals surface area (Å²) >= 11 is 0. The van der Waals surface area contributed by atoms with Crippen LogP contribution in [0.5, 0.6) is 5.75 Å². The highest BCUT2D eigenvalue weighted by molar-refractivity contribution is 5.72. The minimum atomic E-state index is -4.81. The Morgan fingerprint density at radius 1 is 1.23 bits per heavy atom. The number of halogens is 3. The SMILES string of the molecule is O=C(O)Cc1cc(-c2cccc(OC(F)(F)F)c2)c[nH]c1=O. The third-order valence-corrected chi connectivity index (χ3v) is 2.72. The van der Waals surface area contributed by atoms with Crippen LogP contribution in [-0.4, -0.2) is 22.4 Å². The van der Waals surface area contributed by atoms with Gasteiger partial charge in [-0.2, -0.15) is 0 Å². The van der Waals surface area contributed by atoms with Gasteiger partial charge in [0.1, 0.15) is 5.75 Å². The number of ether oxygens (including phenoxy) is 1. The standard InChI is InChI=1S/C14H10F3NO4/c15-14(16,17)22-11-3-1-2-8(5-11)10-4-9(6-12(19)20)13(21)18-7-10/h1-5,7H,6H2,(H,18,21)(H,19,20). The number of alkyl halides is 3. The van der Waals surface area contributed by atoms with Crippen LogP contribution in [0.2, 0.25) is 0 Å². The van der Waals surface area contributed by atoms with Gasteiger partial charge in [-0.3, -0.25) is 9.59 Å². The van der Waals surface area contributed by atoms with E-state index in [1.54, 1.807) is 0 Å². The number of H-pyrrole nitrogens is 1. The largest absolute Gasteiger partial charge is 0.573 e. The van der Waals surface area contributed by atoms with Crippen molar-refractivity contribution in [3.8, 4) is 16.9 Å². The van der Waals surface area contributed by atoms with Gasteiger partial charge in [0.05, 0.1) is 6.42 Å². The lowest BCUT2D eigenvalue weighted by atomic mass is 10.0. The number of aromatic nitrogens is 1. The van der Waals surface area contributed by atoms with Gasteiger partial charge in [0, 0.05) is 11.8 Å². The van der Waals surface area contributed by atoms with E-state index in [9.17, 15) is 22.8 Å². The molecular formula is C14H10F3NO4. The predicted molar refractivity (Wildman–Crippen MR) is 70.5 cm³/mol. The van der Waals surface area contributed by atoms with E-state index in [0.29, 0.717) is 11.1 Å². The monoisotopic (exact) mass is 313 g/mol. The molecule has 0 bridgehead atoms. The molecule has 0 unspecified atom stereocenters. The van der Waals surface area contributed by atoms with E-state index in [-0.39, 0.29) is 5.56 Å². The molecule has 1 aromatic heterocycles. The molecule has 1 aromatic carbocycles. The number of pyridine rings is 1. The van der Waals surface area contributed by atoms with Crippen molar-refractivity contribution in [2.75, 3.05) is 0 Å². The van der Waals surface area contributed by atoms with Crippen LogP contribution in [0.1, 0.15) is 5.56 Å². The summed E-state index contributed by atoms with van der Waals surface area (Å²) in [6.07, 6.45) is -4.00. The zero-order chi connectivity index (χ0) is 16.3. The minimum absolute atomic E-state index is 0.00661. The van der Waals surface area contributed by atoms with Gasteiger partial charge in [-0.05, 0) is 29.3 Å². The van der Waals surface area contributed by atoms with Crippen LogP contribution >= 0.6 is 0 Å². The summed E-state index contributed by atoms with van der Waals surface area (Å²) in [5.74, 6) is -1.59. The Morgan fingerprint density at radius 3 is 2.59 bits per heavy atom. The van der Waals surface area contributed by atoms with Crippen molar-refractivity contribution in [1.82, 2.24) is 4.98 Å². The number of aliphatic carboxylic acids is 1. The fourth-order valence-electron chi connectivity index (χ4n) is 1.86. The molecule has 22 heavy (non-hydrogen) atoms. The van der Waals surface area contributed by atoms with Crippen molar-refractivity contribution in [3.63, 3.8) is 0 Å². The molecular weight excluding hydrogens is 303 g/mol. The average Bonchev–Trinajstić information content (AvgIpc) is 2.39. The number of carboxylic acid groups (broad SMARTS) is 1. The van der Waals surface area contributed by atoms with E-state index in [2.05, 4.69) is 9.72 Å². The molecule has 0 fully saturated rings. The van der Waals surface area contributed by atoms with Crippen molar-refractivity contribution in [2.45, 2.75) is 12.8 Å². The first-order chi connectivity index (χ1) is 10.2. The topological polar surface area (TPSA) is 79.4 Å². The molecule has 2 rings (SSSR count). The van der Waals surface area contributed by atoms with Gasteiger partial charge in [0.15, 0.2) is 0 Å². The quantitative estimate of drug-likeness (QED) is 0.909. The van der Waals surface area contributed by atoms with Crippen LogP contribution in [0.3, 0.4) is 0 Å². The van der Waals surface area contributed by atoms with Crippen LogP contribution < -0.4 is 10.3 Å². The van der Waals surface area contributed by atoms with E-state index in [4.69, 9.17) is 5.11 Å². The molecule has 0 atom stereocenters. The fraction of sp³-hybridized carbons (Fsp3) is 0.143. The first-order valence-corrected chi connectivity index (χ1v) is 6.04. The molecule has 0 saturated heterocycles. The number of carbonyl (C=O) groups is 1. The van der Waals surface area contributed by atoms with Gasteiger partial charge >= 0.3 is 12.3 Å². The second kappa shape index (κ2) is 5.92. The fourth-order valence-corrected chi connectivity index (χ4v) is 1.86. The predicted octanol–water partition coefficient (Wildman–Crippen LogP) is 2.57. The number of aromatic amines is 1. The Labute approximate surface area is 122 Å². The highest BCUT2D eigenvalue weighted by atomic mass is 19.4. The molecule has 1 heterocycles. The second-order valence-electron chi connectivity index (χ2n) is 4.39. The number of hydrogen-bond acceptors (Lipinski definition) is 3. The van der Waals surface area contributed by atoms with E-state index in [1.807, 2.05) is 0 Å². The zero-order valence-electron chi connectivity index (χ0n) is 11.0. The molecule has 2 aromatic rings. The van der Waals surface area contributed by atoms with Crippen molar-refractivity contribution in [2.24, 2.45) is 0 Å². The Balaban J connectivity index is 2.38. The lowest BCUT2D eigenvalue weighted by Crippen LogP contribution is -2.17. The second-order valence-corrected chi connectivity index (χ2v) is 4.39. The highest BCUT2D eigenvalue weighted by Crippen LogP contribution is 2.27. The van der Waals surface area contributed by atoms with Crippen molar-refractivity contribution in [3.05, 3.63) is 52.4 Å². The van der Waals surface area contributed by atoms with E-state index >= 15 is 0 Å². The van der Waals surface area contributed by atoms with Crippen molar-refractivity contribution in [1.29, 1.82) is 0 Å². The van der Waals surface area contributed by atoms with Gasteiger partial charge in [-0.1, -0.05) is 12.1 Å². The number of rotatable bonds is 4. The van der Waals surface area contributed by atoms with Crippen LogP contribution in [0, 0.1) is 0 Å². The Kier molecular flexibility index (Phi) is 4.20. The number of nitrogens with one attached hydrogen (secondary N) is 1. The molecule has 0 aliphatic heterocycles. The maximum Gasteiger partial charge on any atom is 0.573 e. The summed E-state index contributed by atoms with van der Waals surface area (Å²) in [7, 11) is 0. The first-order valence-electron chi connectivity index (χ1n) is 6.04. The lowest BCUT2D eigenvalue weighted by Gasteiger charge is -2.10. The molecule has 0 radical (unpaired) electrons. The van der Waals surface area contributed by atoms with Gasteiger partial charge < -0.3 is 14.8 Å². The zero-order valence-corrected chi connectivity index (χ0v) is 11.0. The molecule has 0 aliphatic rings. The van der Waals surface area contributed by atoms with E-state index < -0.39 is 30.1 Å². The maximum absolute atomic E-state index is 12.2. The van der Waals surface area contributed by atoms with Crippen LogP contribution in [0.4, 0.5) is 13.2 Å². The van der Waals surface area contributed by atoms with E-state index in [0.717, 1.165) is 12.1 Å². The van der Waals surface area contributed by atoms with Gasteiger partial charge in [-0.25, -0.2) is 0 Å². The summed E-state index contributed by atoms with van der Waals surface area (Å²) < 4.78 is 40.4. The van der Waals surface area contributed by atoms with Crippen LogP contribution in [0.25, 0.3) is 11.1 Å². The van der Waals surface area contributed by atoms with E-state index in [1.165, 1.54) is 24.4 Å². The highest BCUT2D eigenvalue weighted by Gasteiger charge is 2.31. The molecule has 0 amide bonds. The Morgan fingerprint density at radius 2 is 1.95 bits per heavy atom. The molecule has 116 valence electrons. The number of hydrogen-bond donors (Lipinski definition) is 2. The van der Waals surface area contributed by atoms with Gasteiger partial charge in [-0.15, -0.1) is 13.2 Å². The van der Waals surface area contributed by atoms with Gasteiger partial charge in [0.2, 0.25) is 0 Å². The lowest BCUT2D eigenvalue weighted by molar-refractivity contribution is -0.274. The average molecular weight is 313 g/mol. The van der Waals surface area contributed by atoms with Crippen LogP contribution in [0.15, 0.2) is 41.3 Å².